The second kappa shape index (κ2) is 6.69. The SMILES string of the molecule is O[C@@H](c1cccnc1)c1ccc2cc(C3OCCCO3)ccc2c1. The lowest BCUT2D eigenvalue weighted by Crippen LogP contribution is -2.17. The number of nitrogens with zero attached hydrogens (tertiary/aromatic N) is 1. The monoisotopic (exact) mass is 321 g/mol. The normalized spacial score (nSPS) is 17.0. The number of hydrogen-bond acceptors (Lipinski definition) is 4. The largest absolute Gasteiger partial charge is 0.384 e. The van der Waals surface area contributed by atoms with Crippen LogP contribution in [0.3, 0.4) is 0 Å². The van der Waals surface area contributed by atoms with Crippen molar-refractivity contribution in [2.24, 2.45) is 0 Å². The predicted molar refractivity (Wildman–Crippen MR) is 91.5 cm³/mol. The van der Waals surface area contributed by atoms with Gasteiger partial charge in [0.15, 0.2) is 6.29 Å². The number of aliphatic hydroxyl groups excluding tert-OH is 1. The molecule has 1 aliphatic heterocycles. The first-order chi connectivity index (χ1) is 11.8. The van der Waals surface area contributed by atoms with Crippen LogP contribution in [0, 0.1) is 0 Å². The maximum absolute atomic E-state index is 10.5. The van der Waals surface area contributed by atoms with Crippen molar-refractivity contribution in [1.29, 1.82) is 0 Å². The third kappa shape index (κ3) is 3.04. The van der Waals surface area contributed by atoms with E-state index < -0.39 is 6.10 Å². The fourth-order valence-corrected chi connectivity index (χ4v) is 3.01. The van der Waals surface area contributed by atoms with Crippen LogP contribution in [0.2, 0.25) is 0 Å². The third-order valence-electron chi connectivity index (χ3n) is 4.30. The summed E-state index contributed by atoms with van der Waals surface area (Å²) in [5, 5.41) is 12.7. The summed E-state index contributed by atoms with van der Waals surface area (Å²) in [5.41, 5.74) is 2.67. The molecule has 1 saturated heterocycles. The number of rotatable bonds is 3. The predicted octanol–water partition coefficient (Wildman–Crippen LogP) is 3.75. The van der Waals surface area contributed by atoms with Gasteiger partial charge >= 0.3 is 0 Å². The Kier molecular flexibility index (Phi) is 4.26. The maximum Gasteiger partial charge on any atom is 0.183 e. The number of ether oxygens (including phenoxy) is 2. The van der Waals surface area contributed by atoms with E-state index in [1.165, 1.54) is 0 Å². The Hall–Kier alpha value is -2.27. The average molecular weight is 321 g/mol. The van der Waals surface area contributed by atoms with Crippen molar-refractivity contribution in [2.75, 3.05) is 13.2 Å². The van der Waals surface area contributed by atoms with Crippen molar-refractivity contribution in [3.8, 4) is 0 Å². The van der Waals surface area contributed by atoms with Crippen LogP contribution in [0.15, 0.2) is 60.9 Å². The molecular weight excluding hydrogens is 302 g/mol. The molecule has 0 amide bonds. The molecule has 1 fully saturated rings. The van der Waals surface area contributed by atoms with E-state index in [1.807, 2.05) is 42.5 Å². The number of hydrogen-bond donors (Lipinski definition) is 1. The highest BCUT2D eigenvalue weighted by molar-refractivity contribution is 5.84. The van der Waals surface area contributed by atoms with Gasteiger partial charge in [0.1, 0.15) is 6.10 Å². The van der Waals surface area contributed by atoms with Crippen LogP contribution in [-0.2, 0) is 9.47 Å². The maximum atomic E-state index is 10.5. The van der Waals surface area contributed by atoms with Crippen LogP contribution in [0.5, 0.6) is 0 Å². The van der Waals surface area contributed by atoms with Crippen molar-refractivity contribution in [1.82, 2.24) is 4.98 Å². The Morgan fingerprint density at radius 3 is 2.54 bits per heavy atom. The molecule has 1 atom stereocenters. The Morgan fingerprint density at radius 2 is 1.75 bits per heavy atom. The molecule has 122 valence electrons. The molecule has 24 heavy (non-hydrogen) atoms. The summed E-state index contributed by atoms with van der Waals surface area (Å²) >= 11 is 0. The van der Waals surface area contributed by atoms with Gasteiger partial charge in [-0.2, -0.15) is 0 Å². The van der Waals surface area contributed by atoms with Gasteiger partial charge in [0, 0.05) is 23.5 Å². The molecule has 0 radical (unpaired) electrons. The van der Waals surface area contributed by atoms with Crippen molar-refractivity contribution in [3.05, 3.63) is 77.6 Å². The number of aliphatic hydroxyl groups is 1. The summed E-state index contributed by atoms with van der Waals surface area (Å²) in [5.74, 6) is 0. The molecule has 3 aromatic rings. The van der Waals surface area contributed by atoms with Crippen LogP contribution in [0.25, 0.3) is 10.8 Å². The fourth-order valence-electron chi connectivity index (χ4n) is 3.01. The molecule has 0 spiro atoms. The summed E-state index contributed by atoms with van der Waals surface area (Å²) < 4.78 is 11.3. The highest BCUT2D eigenvalue weighted by Crippen LogP contribution is 2.29. The Bertz CT molecular complexity index is 829. The van der Waals surface area contributed by atoms with Gasteiger partial charge in [-0.1, -0.05) is 30.3 Å². The first-order valence-electron chi connectivity index (χ1n) is 8.16. The Labute approximate surface area is 140 Å². The fraction of sp³-hybridized carbons (Fsp3) is 0.250. The van der Waals surface area contributed by atoms with Crippen LogP contribution < -0.4 is 0 Å². The molecule has 4 nitrogen and oxygen atoms in total. The Morgan fingerprint density at radius 1 is 0.958 bits per heavy atom. The highest BCUT2D eigenvalue weighted by Gasteiger charge is 2.17. The summed E-state index contributed by atoms with van der Waals surface area (Å²) in [7, 11) is 0. The molecule has 0 saturated carbocycles. The topological polar surface area (TPSA) is 51.6 Å². The number of fused-ring (bicyclic) bond motifs is 1. The van der Waals surface area contributed by atoms with Gasteiger partial charge in [-0.05, 0) is 41.0 Å². The van der Waals surface area contributed by atoms with E-state index >= 15 is 0 Å². The van der Waals surface area contributed by atoms with Gasteiger partial charge in [0.2, 0.25) is 0 Å². The van der Waals surface area contributed by atoms with Crippen molar-refractivity contribution < 1.29 is 14.6 Å². The zero-order valence-corrected chi connectivity index (χ0v) is 13.3. The van der Waals surface area contributed by atoms with Gasteiger partial charge in [0.05, 0.1) is 13.2 Å². The van der Waals surface area contributed by atoms with E-state index in [2.05, 4.69) is 11.1 Å². The summed E-state index contributed by atoms with van der Waals surface area (Å²) in [6.45, 7) is 1.47. The molecule has 1 N–H and O–H groups in total. The number of benzene rings is 2. The van der Waals surface area contributed by atoms with Crippen molar-refractivity contribution in [3.63, 3.8) is 0 Å². The van der Waals surface area contributed by atoms with Gasteiger partial charge in [-0.25, -0.2) is 0 Å². The van der Waals surface area contributed by atoms with E-state index in [1.54, 1.807) is 12.4 Å². The molecule has 0 bridgehead atoms. The van der Waals surface area contributed by atoms with Crippen LogP contribution >= 0.6 is 0 Å². The Balaban J connectivity index is 1.64. The highest BCUT2D eigenvalue weighted by atomic mass is 16.7. The smallest absolute Gasteiger partial charge is 0.183 e. The lowest BCUT2D eigenvalue weighted by molar-refractivity contribution is -0.182. The first-order valence-corrected chi connectivity index (χ1v) is 8.16. The second-order valence-corrected chi connectivity index (χ2v) is 5.98. The molecule has 1 aliphatic rings. The van der Waals surface area contributed by atoms with Crippen molar-refractivity contribution in [2.45, 2.75) is 18.8 Å². The summed E-state index contributed by atoms with van der Waals surface area (Å²) in [6.07, 6.45) is 3.39. The minimum absolute atomic E-state index is 0.274. The standard InChI is InChI=1S/C20H19NO3/c22-19(18-3-1-8-21-13-18)16-6-4-15-12-17(7-5-14(15)11-16)20-23-9-2-10-24-20/h1,3-8,11-13,19-20,22H,2,9-10H2/t19-/m1/s1. The van der Waals surface area contributed by atoms with Crippen LogP contribution in [0.4, 0.5) is 0 Å². The first kappa shape index (κ1) is 15.3. The molecule has 1 aromatic heterocycles. The van der Waals surface area contributed by atoms with Gasteiger partial charge in [-0.3, -0.25) is 4.98 Å². The molecule has 4 rings (SSSR count). The number of pyridine rings is 1. The molecule has 2 aromatic carbocycles. The molecule has 0 unspecified atom stereocenters. The van der Waals surface area contributed by atoms with E-state index in [4.69, 9.17) is 9.47 Å². The quantitative estimate of drug-likeness (QED) is 0.798. The van der Waals surface area contributed by atoms with E-state index in [9.17, 15) is 5.11 Å². The molecule has 0 aliphatic carbocycles. The average Bonchev–Trinajstić information content (AvgIpc) is 2.68. The van der Waals surface area contributed by atoms with Crippen LogP contribution in [-0.4, -0.2) is 23.3 Å². The zero-order valence-electron chi connectivity index (χ0n) is 13.3. The zero-order chi connectivity index (χ0) is 16.4. The van der Waals surface area contributed by atoms with Crippen molar-refractivity contribution >= 4 is 10.8 Å². The van der Waals surface area contributed by atoms with E-state index in [0.717, 1.165) is 47.1 Å². The van der Waals surface area contributed by atoms with E-state index in [0.29, 0.717) is 0 Å². The minimum Gasteiger partial charge on any atom is -0.384 e. The summed E-state index contributed by atoms with van der Waals surface area (Å²) in [4.78, 5) is 4.07. The van der Waals surface area contributed by atoms with Gasteiger partial charge in [0.25, 0.3) is 0 Å². The minimum atomic E-state index is -0.673. The van der Waals surface area contributed by atoms with Gasteiger partial charge in [-0.15, -0.1) is 0 Å². The van der Waals surface area contributed by atoms with E-state index in [-0.39, 0.29) is 6.29 Å². The molecular formula is C20H19NO3. The third-order valence-corrected chi connectivity index (χ3v) is 4.30. The van der Waals surface area contributed by atoms with Crippen LogP contribution in [0.1, 0.15) is 35.5 Å². The lowest BCUT2D eigenvalue weighted by atomic mass is 9.98. The molecule has 2 heterocycles. The lowest BCUT2D eigenvalue weighted by Gasteiger charge is -2.23. The van der Waals surface area contributed by atoms with Gasteiger partial charge < -0.3 is 14.6 Å². The second-order valence-electron chi connectivity index (χ2n) is 5.98. The summed E-state index contributed by atoms with van der Waals surface area (Å²) in [6, 6.07) is 15.9. The molecule has 4 heteroatoms. The number of aromatic nitrogens is 1.